The Kier molecular flexibility index (Phi) is 3.86. The van der Waals surface area contributed by atoms with Crippen molar-refractivity contribution in [2.45, 2.75) is 19.9 Å². The number of nitrogens with zero attached hydrogens (tertiary/aromatic N) is 3. The smallest absolute Gasteiger partial charge is 0.304 e. The van der Waals surface area contributed by atoms with E-state index in [0.29, 0.717) is 15.9 Å². The molecule has 0 N–H and O–H groups in total. The van der Waals surface area contributed by atoms with Crippen LogP contribution in [0.5, 0.6) is 0 Å². The summed E-state index contributed by atoms with van der Waals surface area (Å²) in [4.78, 5) is 26.8. The Morgan fingerprint density at radius 2 is 2.21 bits per heavy atom. The molecule has 0 aromatic carbocycles. The van der Waals surface area contributed by atoms with Crippen LogP contribution < -0.4 is 4.90 Å². The number of nitro groups is 1. The molecule has 7 heteroatoms. The van der Waals surface area contributed by atoms with Crippen LogP contribution in [0.3, 0.4) is 0 Å². The Hall–Kier alpha value is -1.47. The van der Waals surface area contributed by atoms with Gasteiger partial charge in [0.25, 0.3) is 0 Å². The SMILES string of the molecule is CC(=O)c1cc([N+](=O)[O-])c(N2CCN(C)C(C)C2)s1. The van der Waals surface area contributed by atoms with Crippen molar-refractivity contribution in [1.29, 1.82) is 0 Å². The highest BCUT2D eigenvalue weighted by molar-refractivity contribution is 7.18. The van der Waals surface area contributed by atoms with E-state index in [0.717, 1.165) is 19.6 Å². The number of rotatable bonds is 3. The monoisotopic (exact) mass is 283 g/mol. The van der Waals surface area contributed by atoms with E-state index >= 15 is 0 Å². The zero-order valence-electron chi connectivity index (χ0n) is 11.3. The highest BCUT2D eigenvalue weighted by Gasteiger charge is 2.29. The van der Waals surface area contributed by atoms with E-state index in [9.17, 15) is 14.9 Å². The summed E-state index contributed by atoms with van der Waals surface area (Å²) in [6, 6.07) is 1.74. The zero-order valence-corrected chi connectivity index (χ0v) is 12.1. The van der Waals surface area contributed by atoms with Crippen LogP contribution >= 0.6 is 11.3 Å². The van der Waals surface area contributed by atoms with Crippen molar-refractivity contribution in [3.63, 3.8) is 0 Å². The molecule has 1 aromatic rings. The molecule has 1 atom stereocenters. The number of anilines is 1. The molecule has 0 radical (unpaired) electrons. The lowest BCUT2D eigenvalue weighted by molar-refractivity contribution is -0.383. The summed E-state index contributed by atoms with van der Waals surface area (Å²) >= 11 is 1.22. The topological polar surface area (TPSA) is 66.7 Å². The van der Waals surface area contributed by atoms with Crippen LogP contribution in [0.1, 0.15) is 23.5 Å². The third-order valence-corrected chi connectivity index (χ3v) is 4.77. The predicted octanol–water partition coefficient (Wildman–Crippen LogP) is 2.00. The van der Waals surface area contributed by atoms with Gasteiger partial charge in [-0.25, -0.2) is 0 Å². The number of Topliss-reactive ketones (excluding diaryl/α,β-unsaturated/α-hetero) is 1. The first-order valence-electron chi connectivity index (χ1n) is 6.14. The normalized spacial score (nSPS) is 20.6. The van der Waals surface area contributed by atoms with E-state index in [1.54, 1.807) is 0 Å². The van der Waals surface area contributed by atoms with Crippen molar-refractivity contribution < 1.29 is 9.72 Å². The molecular formula is C12H17N3O3S. The lowest BCUT2D eigenvalue weighted by Gasteiger charge is -2.37. The van der Waals surface area contributed by atoms with Crippen molar-refractivity contribution in [3.05, 3.63) is 21.1 Å². The third-order valence-electron chi connectivity index (χ3n) is 3.48. The maximum absolute atomic E-state index is 11.4. The molecule has 1 aliphatic rings. The number of thiophene rings is 1. The zero-order chi connectivity index (χ0) is 14.2. The summed E-state index contributed by atoms with van der Waals surface area (Å²) < 4.78 is 0. The van der Waals surface area contributed by atoms with Gasteiger partial charge in [0.15, 0.2) is 10.8 Å². The van der Waals surface area contributed by atoms with E-state index in [1.807, 2.05) is 11.9 Å². The molecule has 2 heterocycles. The minimum Gasteiger partial charge on any atom is -0.355 e. The van der Waals surface area contributed by atoms with E-state index in [4.69, 9.17) is 0 Å². The van der Waals surface area contributed by atoms with E-state index in [2.05, 4.69) is 11.8 Å². The number of hydrogen-bond donors (Lipinski definition) is 0. The summed E-state index contributed by atoms with van der Waals surface area (Å²) in [5, 5.41) is 11.7. The second-order valence-electron chi connectivity index (χ2n) is 4.89. The van der Waals surface area contributed by atoms with Gasteiger partial charge in [0, 0.05) is 31.7 Å². The molecule has 6 nitrogen and oxygen atoms in total. The molecule has 0 saturated carbocycles. The summed E-state index contributed by atoms with van der Waals surface area (Å²) in [7, 11) is 2.05. The number of piperazine rings is 1. The Bertz CT molecular complexity index is 514. The molecule has 2 rings (SSSR count). The van der Waals surface area contributed by atoms with Crippen LogP contribution in [-0.4, -0.2) is 48.3 Å². The maximum Gasteiger partial charge on any atom is 0.304 e. The molecule has 1 aliphatic heterocycles. The highest BCUT2D eigenvalue weighted by atomic mass is 32.1. The number of carbonyl (C=O) groups excluding carboxylic acids is 1. The van der Waals surface area contributed by atoms with Crippen molar-refractivity contribution in [3.8, 4) is 0 Å². The second-order valence-corrected chi connectivity index (χ2v) is 5.92. The fourth-order valence-electron chi connectivity index (χ4n) is 2.14. The van der Waals surface area contributed by atoms with Gasteiger partial charge in [-0.1, -0.05) is 0 Å². The molecule has 19 heavy (non-hydrogen) atoms. The van der Waals surface area contributed by atoms with Gasteiger partial charge in [-0.2, -0.15) is 0 Å². The molecule has 1 fully saturated rings. The molecule has 104 valence electrons. The summed E-state index contributed by atoms with van der Waals surface area (Å²) in [5.74, 6) is -0.124. The van der Waals surface area contributed by atoms with Crippen LogP contribution in [0.2, 0.25) is 0 Å². The first-order valence-corrected chi connectivity index (χ1v) is 6.96. The first-order chi connectivity index (χ1) is 8.90. The standard InChI is InChI=1S/C12H17N3O3S/c1-8-7-14(5-4-13(8)3)12-10(15(17)18)6-11(19-12)9(2)16/h6,8H,4-5,7H2,1-3H3. The van der Waals surface area contributed by atoms with Gasteiger partial charge >= 0.3 is 5.69 Å². The molecule has 0 amide bonds. The van der Waals surface area contributed by atoms with Crippen LogP contribution in [0.4, 0.5) is 10.7 Å². The lowest BCUT2D eigenvalue weighted by Crippen LogP contribution is -2.50. The first kappa shape index (κ1) is 14.0. The van der Waals surface area contributed by atoms with Gasteiger partial charge in [-0.3, -0.25) is 14.9 Å². The largest absolute Gasteiger partial charge is 0.355 e. The summed E-state index contributed by atoms with van der Waals surface area (Å²) in [6.45, 7) is 5.89. The van der Waals surface area contributed by atoms with E-state index < -0.39 is 4.92 Å². The van der Waals surface area contributed by atoms with E-state index in [1.165, 1.54) is 24.3 Å². The summed E-state index contributed by atoms with van der Waals surface area (Å²) in [5.41, 5.74) is 0.0481. The molecule has 0 aliphatic carbocycles. The number of hydrogen-bond acceptors (Lipinski definition) is 6. The van der Waals surface area contributed by atoms with Crippen molar-refractivity contribution >= 4 is 27.8 Å². The Morgan fingerprint density at radius 1 is 1.53 bits per heavy atom. The van der Waals surface area contributed by atoms with Gasteiger partial charge in [-0.15, -0.1) is 11.3 Å². The minimum absolute atomic E-state index is 0.0481. The minimum atomic E-state index is -0.402. The Balaban J connectivity index is 2.33. The fraction of sp³-hybridized carbons (Fsp3) is 0.583. The van der Waals surface area contributed by atoms with Gasteiger partial charge in [0.1, 0.15) is 0 Å². The van der Waals surface area contributed by atoms with Crippen molar-refractivity contribution in [2.24, 2.45) is 0 Å². The van der Waals surface area contributed by atoms with Gasteiger partial charge in [0.2, 0.25) is 0 Å². The molecular weight excluding hydrogens is 266 g/mol. The molecule has 1 unspecified atom stereocenters. The van der Waals surface area contributed by atoms with Crippen molar-refractivity contribution in [1.82, 2.24) is 4.90 Å². The van der Waals surface area contributed by atoms with E-state index in [-0.39, 0.29) is 11.5 Å². The Morgan fingerprint density at radius 3 is 2.74 bits per heavy atom. The average Bonchev–Trinajstić information content (AvgIpc) is 2.78. The van der Waals surface area contributed by atoms with Gasteiger partial charge in [-0.05, 0) is 20.9 Å². The number of likely N-dealkylation sites (N-methyl/N-ethyl adjacent to an activating group) is 1. The second kappa shape index (κ2) is 5.26. The average molecular weight is 283 g/mol. The van der Waals surface area contributed by atoms with Crippen molar-refractivity contribution in [2.75, 3.05) is 31.6 Å². The third kappa shape index (κ3) is 2.76. The molecule has 1 saturated heterocycles. The van der Waals surface area contributed by atoms with Gasteiger partial charge < -0.3 is 9.80 Å². The van der Waals surface area contributed by atoms with Crippen LogP contribution in [0.25, 0.3) is 0 Å². The Labute approximate surface area is 115 Å². The molecule has 0 spiro atoms. The van der Waals surface area contributed by atoms with Crippen LogP contribution in [0, 0.1) is 10.1 Å². The predicted molar refractivity (Wildman–Crippen MR) is 75.3 cm³/mol. The lowest BCUT2D eigenvalue weighted by atomic mass is 10.2. The fourth-order valence-corrected chi connectivity index (χ4v) is 3.19. The maximum atomic E-state index is 11.4. The van der Waals surface area contributed by atoms with Crippen LogP contribution in [0.15, 0.2) is 6.07 Å². The number of ketones is 1. The number of carbonyl (C=O) groups is 1. The summed E-state index contributed by atoms with van der Waals surface area (Å²) in [6.07, 6.45) is 0. The molecule has 1 aromatic heterocycles. The quantitative estimate of drug-likeness (QED) is 0.482. The van der Waals surface area contributed by atoms with Gasteiger partial charge in [0.05, 0.1) is 9.80 Å². The van der Waals surface area contributed by atoms with Crippen LogP contribution in [-0.2, 0) is 0 Å². The highest BCUT2D eigenvalue weighted by Crippen LogP contribution is 2.38. The molecule has 0 bridgehead atoms.